The van der Waals surface area contributed by atoms with Crippen molar-refractivity contribution in [3.8, 4) is 39.5 Å². The molecule has 0 saturated heterocycles. The fraction of sp³-hybridized carbons (Fsp3) is 0.192. The Morgan fingerprint density at radius 1 is 0.833 bits per heavy atom. The zero-order chi connectivity index (χ0) is 27.1. The summed E-state index contributed by atoms with van der Waals surface area (Å²) < 4.78 is 83.9. The minimum Gasteiger partial charge on any atom is -0.506 e. The van der Waals surface area contributed by atoms with E-state index in [2.05, 4.69) is 11.5 Å². The van der Waals surface area contributed by atoms with Crippen molar-refractivity contribution in [2.45, 2.75) is 32.0 Å². The van der Waals surface area contributed by atoms with Gasteiger partial charge in [0.2, 0.25) is 0 Å². The van der Waals surface area contributed by atoms with Gasteiger partial charge in [-0.05, 0) is 29.3 Å². The van der Waals surface area contributed by atoms with E-state index in [0.717, 1.165) is 42.5 Å². The lowest BCUT2D eigenvalue weighted by molar-refractivity contribution is -0.138. The number of aromatic hydroxyl groups is 1. The van der Waals surface area contributed by atoms with Crippen LogP contribution in [0.3, 0.4) is 0 Å². The fourth-order valence-corrected chi connectivity index (χ4v) is 4.16. The van der Waals surface area contributed by atoms with Gasteiger partial charge in [-0.25, -0.2) is 0 Å². The van der Waals surface area contributed by atoms with Crippen LogP contribution >= 0.6 is 0 Å². The Labute approximate surface area is 204 Å². The topological polar surface area (TPSA) is 63.3 Å². The number of phenols is 1. The van der Waals surface area contributed by atoms with Crippen molar-refractivity contribution in [2.75, 3.05) is 0 Å². The lowest BCUT2D eigenvalue weighted by Crippen LogP contribution is -2.17. The Hall–Kier alpha value is -3.71. The first kappa shape index (κ1) is 26.9. The van der Waals surface area contributed by atoms with E-state index in [1.807, 2.05) is 19.6 Å². The molecule has 0 radical (unpaired) electrons. The molecule has 0 aromatic heterocycles. The number of carbonyl (C=O) groups is 1. The molecule has 3 aromatic carbocycles. The van der Waals surface area contributed by atoms with E-state index in [1.165, 1.54) is 12.1 Å². The number of hydrogen-bond donors (Lipinski definition) is 2. The van der Waals surface area contributed by atoms with Crippen molar-refractivity contribution in [2.24, 2.45) is 5.73 Å². The highest BCUT2D eigenvalue weighted by molar-refractivity contribution is 6.83. The first-order chi connectivity index (χ1) is 16.5. The monoisotopic (exact) mass is 521 g/mol. The summed E-state index contributed by atoms with van der Waals surface area (Å²) in [5.74, 6) is 0.622. The van der Waals surface area contributed by atoms with Crippen LogP contribution in [0.4, 0.5) is 26.3 Å². The molecule has 0 atom stereocenters. The molecule has 3 aromatic rings. The zero-order valence-electron chi connectivity index (χ0n) is 19.4. The van der Waals surface area contributed by atoms with E-state index < -0.39 is 65.5 Å². The third kappa shape index (κ3) is 5.57. The highest BCUT2D eigenvalue weighted by atomic mass is 28.3. The van der Waals surface area contributed by atoms with Crippen LogP contribution in [0.5, 0.6) is 5.75 Å². The fourth-order valence-electron chi connectivity index (χ4n) is 3.65. The molecular formula is C26H21F6NO2Si. The molecule has 0 unspecified atom stereocenters. The molecule has 0 fully saturated rings. The predicted molar refractivity (Wildman–Crippen MR) is 128 cm³/mol. The molecule has 0 aliphatic heterocycles. The van der Waals surface area contributed by atoms with Gasteiger partial charge in [-0.1, -0.05) is 62.0 Å². The molecule has 1 amide bonds. The molecule has 36 heavy (non-hydrogen) atoms. The van der Waals surface area contributed by atoms with Gasteiger partial charge < -0.3 is 10.8 Å². The van der Waals surface area contributed by atoms with E-state index in [9.17, 15) is 36.2 Å². The second-order valence-electron chi connectivity index (χ2n) is 9.02. The largest absolute Gasteiger partial charge is 0.506 e. The standard InChI is InChI=1S/C26H21F6NO2Si/c1-36(2,3)13-12-15-14-18(24(33)35)23(34)22(17-9-5-7-11-20(17)26(30,31)32)21(15)16-8-4-6-10-19(16)25(27,28)29/h4-11,14,34H,1-3H3,(H2,33,35). The second-order valence-corrected chi connectivity index (χ2v) is 13.8. The average Bonchev–Trinajstić information content (AvgIpc) is 2.76. The van der Waals surface area contributed by atoms with Gasteiger partial charge in [0, 0.05) is 16.7 Å². The molecule has 3 rings (SSSR count). The zero-order valence-corrected chi connectivity index (χ0v) is 20.4. The summed E-state index contributed by atoms with van der Waals surface area (Å²) in [6.45, 7) is 5.58. The van der Waals surface area contributed by atoms with Crippen LogP contribution in [-0.4, -0.2) is 19.1 Å². The molecule has 188 valence electrons. The summed E-state index contributed by atoms with van der Waals surface area (Å²) in [4.78, 5) is 12.1. The molecule has 0 aliphatic carbocycles. The minimum absolute atomic E-state index is 0.160. The van der Waals surface area contributed by atoms with E-state index in [4.69, 9.17) is 5.73 Å². The first-order valence-corrected chi connectivity index (χ1v) is 14.1. The van der Waals surface area contributed by atoms with Crippen molar-refractivity contribution >= 4 is 14.0 Å². The summed E-state index contributed by atoms with van der Waals surface area (Å²) in [5, 5.41) is 11.0. The summed E-state index contributed by atoms with van der Waals surface area (Å²) in [7, 11) is -2.15. The predicted octanol–water partition coefficient (Wildman–Crippen LogP) is 7.09. The number of alkyl halides is 6. The Balaban J connectivity index is 2.65. The van der Waals surface area contributed by atoms with Gasteiger partial charge in [0.15, 0.2) is 0 Å². The van der Waals surface area contributed by atoms with E-state index >= 15 is 0 Å². The molecule has 0 spiro atoms. The number of carbonyl (C=O) groups excluding carboxylic acids is 1. The van der Waals surface area contributed by atoms with E-state index in [1.54, 1.807) is 0 Å². The van der Waals surface area contributed by atoms with E-state index in [-0.39, 0.29) is 11.1 Å². The molecular weight excluding hydrogens is 500 g/mol. The first-order valence-electron chi connectivity index (χ1n) is 10.6. The smallest absolute Gasteiger partial charge is 0.417 e. The number of benzene rings is 3. The van der Waals surface area contributed by atoms with Gasteiger partial charge in [-0.2, -0.15) is 26.3 Å². The van der Waals surface area contributed by atoms with Crippen LogP contribution in [0, 0.1) is 11.5 Å². The van der Waals surface area contributed by atoms with Crippen molar-refractivity contribution in [3.05, 3.63) is 76.9 Å². The third-order valence-corrected chi connectivity index (χ3v) is 6.02. The van der Waals surface area contributed by atoms with Crippen molar-refractivity contribution in [3.63, 3.8) is 0 Å². The molecule has 0 aliphatic rings. The van der Waals surface area contributed by atoms with Crippen molar-refractivity contribution in [1.29, 1.82) is 0 Å². The Morgan fingerprint density at radius 2 is 1.28 bits per heavy atom. The summed E-state index contributed by atoms with van der Waals surface area (Å²) in [6.07, 6.45) is -9.80. The lowest BCUT2D eigenvalue weighted by Gasteiger charge is -2.22. The SMILES string of the molecule is C[Si](C)(C)C#Cc1cc(C(N)=O)c(O)c(-c2ccccc2C(F)(F)F)c1-c1ccccc1C(F)(F)F. The Kier molecular flexibility index (Phi) is 7.01. The van der Waals surface area contributed by atoms with Crippen molar-refractivity contribution in [1.82, 2.24) is 0 Å². The number of hydrogen-bond acceptors (Lipinski definition) is 2. The van der Waals surface area contributed by atoms with Crippen LogP contribution in [-0.2, 0) is 12.4 Å². The lowest BCUT2D eigenvalue weighted by atomic mass is 9.84. The molecule has 0 saturated carbocycles. The third-order valence-electron chi connectivity index (χ3n) is 5.14. The number of nitrogens with two attached hydrogens (primary N) is 1. The maximum atomic E-state index is 14.0. The molecule has 0 bridgehead atoms. The van der Waals surface area contributed by atoms with Gasteiger partial charge in [0.1, 0.15) is 13.8 Å². The number of primary amides is 1. The highest BCUT2D eigenvalue weighted by Crippen LogP contribution is 2.49. The molecule has 3 N–H and O–H groups in total. The second kappa shape index (κ2) is 9.39. The summed E-state index contributed by atoms with van der Waals surface area (Å²) in [5.41, 5.74) is 3.17. The number of amides is 1. The minimum atomic E-state index is -4.92. The Morgan fingerprint density at radius 3 is 1.69 bits per heavy atom. The molecule has 0 heterocycles. The summed E-state index contributed by atoms with van der Waals surface area (Å²) in [6, 6.07) is 9.41. The van der Waals surface area contributed by atoms with Crippen LogP contribution < -0.4 is 5.73 Å². The van der Waals surface area contributed by atoms with Crippen LogP contribution in [0.1, 0.15) is 27.0 Å². The molecule has 10 heteroatoms. The van der Waals surface area contributed by atoms with Crippen LogP contribution in [0.15, 0.2) is 54.6 Å². The maximum absolute atomic E-state index is 14.0. The van der Waals surface area contributed by atoms with Gasteiger partial charge in [0.25, 0.3) is 5.91 Å². The number of rotatable bonds is 3. The van der Waals surface area contributed by atoms with Crippen molar-refractivity contribution < 1.29 is 36.2 Å². The summed E-state index contributed by atoms with van der Waals surface area (Å²) >= 11 is 0. The number of halogens is 6. The van der Waals surface area contributed by atoms with Crippen LogP contribution in [0.25, 0.3) is 22.3 Å². The average molecular weight is 522 g/mol. The van der Waals surface area contributed by atoms with E-state index in [0.29, 0.717) is 0 Å². The maximum Gasteiger partial charge on any atom is 0.417 e. The van der Waals surface area contributed by atoms with Gasteiger partial charge >= 0.3 is 12.4 Å². The van der Waals surface area contributed by atoms with Gasteiger partial charge in [0.05, 0.1) is 16.7 Å². The normalized spacial score (nSPS) is 12.1. The van der Waals surface area contributed by atoms with Gasteiger partial charge in [-0.3, -0.25) is 4.79 Å². The highest BCUT2D eigenvalue weighted by Gasteiger charge is 2.38. The van der Waals surface area contributed by atoms with Gasteiger partial charge in [-0.15, -0.1) is 5.54 Å². The quantitative estimate of drug-likeness (QED) is 0.220. The molecule has 3 nitrogen and oxygen atoms in total. The van der Waals surface area contributed by atoms with Crippen LogP contribution in [0.2, 0.25) is 19.6 Å². The Bertz CT molecular complexity index is 1390.